The molecule has 1 N–H and O–H groups in total. The van der Waals surface area contributed by atoms with Crippen molar-refractivity contribution in [1.82, 2.24) is 0 Å². The second kappa shape index (κ2) is 5.30. The van der Waals surface area contributed by atoms with E-state index in [1.165, 1.54) is 10.8 Å². The van der Waals surface area contributed by atoms with Crippen LogP contribution >= 0.6 is 0 Å². The van der Waals surface area contributed by atoms with Crippen LogP contribution in [-0.2, 0) is 11.2 Å². The second-order valence-electron chi connectivity index (χ2n) is 3.88. The maximum absolute atomic E-state index is 7.67. The highest BCUT2D eigenvalue weighted by molar-refractivity contribution is 5.84. The molecule has 0 aliphatic carbocycles. The van der Waals surface area contributed by atoms with Crippen molar-refractivity contribution < 1.29 is 4.74 Å². The molecule has 2 heteroatoms. The Morgan fingerprint density at radius 3 is 2.71 bits per heavy atom. The lowest BCUT2D eigenvalue weighted by Gasteiger charge is -2.06. The zero-order valence-electron chi connectivity index (χ0n) is 9.65. The Bertz CT molecular complexity index is 545. The summed E-state index contributed by atoms with van der Waals surface area (Å²) in [7, 11) is 0. The van der Waals surface area contributed by atoms with Crippen LogP contribution in [-0.4, -0.2) is 12.5 Å². The van der Waals surface area contributed by atoms with E-state index >= 15 is 0 Å². The van der Waals surface area contributed by atoms with E-state index in [1.807, 2.05) is 18.2 Å². The molecular formula is C15H15NO. The summed E-state index contributed by atoms with van der Waals surface area (Å²) in [5.41, 5.74) is 1.10. The molecule has 0 amide bonds. The summed E-state index contributed by atoms with van der Waals surface area (Å²) in [6, 6.07) is 14.4. The van der Waals surface area contributed by atoms with Crippen molar-refractivity contribution in [3.05, 3.63) is 60.7 Å². The third kappa shape index (κ3) is 2.94. The highest BCUT2D eigenvalue weighted by Crippen LogP contribution is 2.16. The van der Waals surface area contributed by atoms with E-state index in [2.05, 4.69) is 30.8 Å². The number of benzene rings is 2. The Hall–Kier alpha value is -2.09. The molecule has 17 heavy (non-hydrogen) atoms. The minimum Gasteiger partial charge on any atom is -0.477 e. The van der Waals surface area contributed by atoms with Crippen LogP contribution in [0.15, 0.2) is 55.1 Å². The first-order valence-electron chi connectivity index (χ1n) is 5.58. The maximum atomic E-state index is 7.67. The fraction of sp³-hybridized carbons (Fsp3) is 0.133. The summed E-state index contributed by atoms with van der Waals surface area (Å²) in [5, 5.41) is 10.1. The fourth-order valence-electron chi connectivity index (χ4n) is 1.74. The van der Waals surface area contributed by atoms with E-state index in [-0.39, 0.29) is 5.90 Å². The predicted octanol–water partition coefficient (Wildman–Crippen LogP) is 3.56. The molecule has 0 saturated heterocycles. The van der Waals surface area contributed by atoms with Crippen molar-refractivity contribution in [3.8, 4) is 0 Å². The van der Waals surface area contributed by atoms with Crippen molar-refractivity contribution in [2.45, 2.75) is 6.42 Å². The zero-order chi connectivity index (χ0) is 12.1. The Kier molecular flexibility index (Phi) is 3.55. The van der Waals surface area contributed by atoms with Gasteiger partial charge in [0.25, 0.3) is 0 Å². The van der Waals surface area contributed by atoms with Gasteiger partial charge in [0.15, 0.2) is 5.90 Å². The van der Waals surface area contributed by atoms with Gasteiger partial charge in [0.1, 0.15) is 6.61 Å². The SMILES string of the molecule is C=CCOC(=N)Cc1ccc2ccccc2c1. The summed E-state index contributed by atoms with van der Waals surface area (Å²) in [5.74, 6) is 0.278. The van der Waals surface area contributed by atoms with Crippen LogP contribution in [0.4, 0.5) is 0 Å². The van der Waals surface area contributed by atoms with Crippen LogP contribution in [0.1, 0.15) is 5.56 Å². The summed E-state index contributed by atoms with van der Waals surface area (Å²) in [6.07, 6.45) is 2.17. The number of rotatable bonds is 4. The third-order valence-corrected chi connectivity index (χ3v) is 2.55. The normalized spacial score (nSPS) is 10.1. The molecule has 0 spiro atoms. The number of hydrogen-bond donors (Lipinski definition) is 1. The molecule has 86 valence electrons. The van der Waals surface area contributed by atoms with Crippen LogP contribution in [0.3, 0.4) is 0 Å². The quantitative estimate of drug-likeness (QED) is 0.481. The summed E-state index contributed by atoms with van der Waals surface area (Å²) < 4.78 is 5.17. The van der Waals surface area contributed by atoms with Gasteiger partial charge in [-0.05, 0) is 16.3 Å². The van der Waals surface area contributed by atoms with E-state index in [0.29, 0.717) is 13.0 Å². The van der Waals surface area contributed by atoms with Crippen LogP contribution in [0.2, 0.25) is 0 Å². The van der Waals surface area contributed by atoms with E-state index in [1.54, 1.807) is 6.08 Å². The third-order valence-electron chi connectivity index (χ3n) is 2.55. The lowest BCUT2D eigenvalue weighted by Crippen LogP contribution is -2.06. The topological polar surface area (TPSA) is 33.1 Å². The van der Waals surface area contributed by atoms with E-state index < -0.39 is 0 Å². The second-order valence-corrected chi connectivity index (χ2v) is 3.88. The van der Waals surface area contributed by atoms with Gasteiger partial charge < -0.3 is 4.74 Å². The monoisotopic (exact) mass is 225 g/mol. The Morgan fingerprint density at radius 1 is 1.18 bits per heavy atom. The smallest absolute Gasteiger partial charge is 0.185 e. The molecule has 0 aliphatic heterocycles. The Labute approximate surface area is 101 Å². The molecule has 0 saturated carbocycles. The maximum Gasteiger partial charge on any atom is 0.185 e. The molecule has 2 rings (SSSR count). The van der Waals surface area contributed by atoms with Crippen molar-refractivity contribution >= 4 is 16.7 Å². The minimum atomic E-state index is 0.278. The van der Waals surface area contributed by atoms with Crippen molar-refractivity contribution in [2.75, 3.05) is 6.61 Å². The van der Waals surface area contributed by atoms with Crippen molar-refractivity contribution in [1.29, 1.82) is 5.41 Å². The lowest BCUT2D eigenvalue weighted by atomic mass is 10.1. The zero-order valence-corrected chi connectivity index (χ0v) is 9.65. The first-order valence-corrected chi connectivity index (χ1v) is 5.58. The standard InChI is InChI=1S/C15H15NO/c1-2-9-17-15(16)11-12-7-8-13-5-3-4-6-14(13)10-12/h2-8,10,16H,1,9,11H2. The highest BCUT2D eigenvalue weighted by Gasteiger charge is 2.01. The van der Waals surface area contributed by atoms with Gasteiger partial charge in [0.05, 0.1) is 0 Å². The van der Waals surface area contributed by atoms with Crippen LogP contribution in [0.25, 0.3) is 10.8 Å². The molecule has 0 unspecified atom stereocenters. The van der Waals surface area contributed by atoms with Crippen LogP contribution < -0.4 is 0 Å². The van der Waals surface area contributed by atoms with Crippen LogP contribution in [0, 0.1) is 5.41 Å². The van der Waals surface area contributed by atoms with Gasteiger partial charge in [0, 0.05) is 6.42 Å². The van der Waals surface area contributed by atoms with Gasteiger partial charge in [-0.25, -0.2) is 0 Å². The minimum absolute atomic E-state index is 0.278. The molecule has 0 atom stereocenters. The van der Waals surface area contributed by atoms with E-state index in [0.717, 1.165) is 5.56 Å². The highest BCUT2D eigenvalue weighted by atomic mass is 16.5. The van der Waals surface area contributed by atoms with E-state index in [9.17, 15) is 0 Å². The first kappa shape index (κ1) is 11.4. The van der Waals surface area contributed by atoms with Gasteiger partial charge in [-0.1, -0.05) is 55.1 Å². The predicted molar refractivity (Wildman–Crippen MR) is 71.5 cm³/mol. The number of hydrogen-bond acceptors (Lipinski definition) is 2. The van der Waals surface area contributed by atoms with Crippen LogP contribution in [0.5, 0.6) is 0 Å². The molecule has 2 nitrogen and oxygen atoms in total. The lowest BCUT2D eigenvalue weighted by molar-refractivity contribution is 0.339. The van der Waals surface area contributed by atoms with Gasteiger partial charge in [-0.15, -0.1) is 0 Å². The number of ether oxygens (including phenoxy) is 1. The largest absolute Gasteiger partial charge is 0.477 e. The number of fused-ring (bicyclic) bond motifs is 1. The van der Waals surface area contributed by atoms with Gasteiger partial charge in [-0.3, -0.25) is 5.41 Å². The average Bonchev–Trinajstić information content (AvgIpc) is 2.36. The Morgan fingerprint density at radius 2 is 1.94 bits per heavy atom. The molecule has 0 aromatic heterocycles. The molecule has 0 bridgehead atoms. The van der Waals surface area contributed by atoms with Crippen molar-refractivity contribution in [3.63, 3.8) is 0 Å². The average molecular weight is 225 g/mol. The Balaban J connectivity index is 2.13. The molecule has 0 radical (unpaired) electrons. The van der Waals surface area contributed by atoms with Gasteiger partial charge in [-0.2, -0.15) is 0 Å². The summed E-state index contributed by atoms with van der Waals surface area (Å²) >= 11 is 0. The van der Waals surface area contributed by atoms with Gasteiger partial charge >= 0.3 is 0 Å². The summed E-state index contributed by atoms with van der Waals surface area (Å²) in [4.78, 5) is 0. The molecule has 0 fully saturated rings. The molecule has 0 aliphatic rings. The molecule has 2 aromatic rings. The van der Waals surface area contributed by atoms with Crippen molar-refractivity contribution in [2.24, 2.45) is 0 Å². The summed E-state index contributed by atoms with van der Waals surface area (Å²) in [6.45, 7) is 3.95. The fourth-order valence-corrected chi connectivity index (χ4v) is 1.74. The number of nitrogens with one attached hydrogen (secondary N) is 1. The van der Waals surface area contributed by atoms with Gasteiger partial charge in [0.2, 0.25) is 0 Å². The molecule has 2 aromatic carbocycles. The molecule has 0 heterocycles. The first-order chi connectivity index (χ1) is 8.29. The molecular weight excluding hydrogens is 210 g/mol. The van der Waals surface area contributed by atoms with E-state index in [4.69, 9.17) is 10.1 Å².